The van der Waals surface area contributed by atoms with Crippen molar-refractivity contribution in [3.63, 3.8) is 0 Å². The molecule has 1 aliphatic carbocycles. The average molecular weight is 356 g/mol. The van der Waals surface area contributed by atoms with E-state index < -0.39 is 9.84 Å². The van der Waals surface area contributed by atoms with Gasteiger partial charge in [-0.15, -0.1) is 11.3 Å². The third kappa shape index (κ3) is 3.69. The van der Waals surface area contributed by atoms with Crippen molar-refractivity contribution in [2.75, 3.05) is 13.3 Å². The molecule has 20 heavy (non-hydrogen) atoms. The molecule has 0 radical (unpaired) electrons. The second-order valence-corrected chi connectivity index (χ2v) is 10.0. The van der Waals surface area contributed by atoms with Gasteiger partial charge in [0.1, 0.15) is 9.84 Å². The van der Waals surface area contributed by atoms with Gasteiger partial charge in [0.15, 0.2) is 0 Å². The summed E-state index contributed by atoms with van der Waals surface area (Å²) in [4.78, 5) is 0. The van der Waals surface area contributed by atoms with E-state index in [0.717, 1.165) is 24.8 Å². The molecule has 2 rings (SSSR count). The molecule has 3 unspecified atom stereocenters. The first kappa shape index (κ1) is 16.6. The van der Waals surface area contributed by atoms with Crippen molar-refractivity contribution in [3.8, 4) is 0 Å². The molecule has 0 aromatic carbocycles. The van der Waals surface area contributed by atoms with Crippen LogP contribution in [-0.2, 0) is 9.84 Å². The van der Waals surface area contributed by atoms with Gasteiger partial charge in [0.05, 0.1) is 13.9 Å². The monoisotopic (exact) mass is 355 g/mol. The highest BCUT2D eigenvalue weighted by molar-refractivity contribution is 7.91. The topological polar surface area (TPSA) is 46.2 Å². The zero-order valence-electron chi connectivity index (χ0n) is 11.5. The summed E-state index contributed by atoms with van der Waals surface area (Å²) in [6.07, 6.45) is 4.75. The van der Waals surface area contributed by atoms with Crippen LogP contribution in [0.1, 0.15) is 37.3 Å². The van der Waals surface area contributed by atoms with E-state index in [2.05, 4.69) is 5.32 Å². The van der Waals surface area contributed by atoms with Crippen molar-refractivity contribution in [1.82, 2.24) is 5.32 Å². The number of halogens is 2. The van der Waals surface area contributed by atoms with Crippen molar-refractivity contribution in [1.29, 1.82) is 0 Å². The number of thiophene rings is 1. The maximum absolute atomic E-state index is 11.8. The van der Waals surface area contributed by atoms with Crippen molar-refractivity contribution < 1.29 is 8.42 Å². The molecule has 1 aromatic heterocycles. The molecule has 0 aliphatic heterocycles. The highest BCUT2D eigenvalue weighted by atomic mass is 35.5. The Balaban J connectivity index is 2.21. The van der Waals surface area contributed by atoms with Crippen LogP contribution in [-0.4, -0.2) is 27.0 Å². The highest BCUT2D eigenvalue weighted by Crippen LogP contribution is 2.42. The molecule has 1 fully saturated rings. The number of rotatable bonds is 4. The first-order valence-corrected chi connectivity index (χ1v) is 10.2. The number of sulfone groups is 1. The molecule has 0 spiro atoms. The smallest absolute Gasteiger partial charge is 0.150 e. The van der Waals surface area contributed by atoms with Crippen molar-refractivity contribution in [2.45, 2.75) is 37.0 Å². The minimum Gasteiger partial charge on any atom is -0.313 e. The summed E-state index contributed by atoms with van der Waals surface area (Å²) in [6, 6.07) is 1.95. The minimum absolute atomic E-state index is 0.0656. The number of hydrogen-bond acceptors (Lipinski definition) is 4. The van der Waals surface area contributed by atoms with Gasteiger partial charge in [-0.05, 0) is 38.3 Å². The van der Waals surface area contributed by atoms with E-state index in [9.17, 15) is 8.42 Å². The molecule has 1 aromatic rings. The standard InChI is InChI=1S/C13H19Cl2NO2S2/c1-16-12(10-7-11(14)19-13(10)15)8-4-3-5-9(6-8)20(2,17)18/h7-9,12,16H,3-6H2,1-2H3. The van der Waals surface area contributed by atoms with Gasteiger partial charge in [-0.3, -0.25) is 0 Å². The molecular formula is C13H19Cl2NO2S2. The van der Waals surface area contributed by atoms with Crippen LogP contribution in [0.25, 0.3) is 0 Å². The van der Waals surface area contributed by atoms with E-state index in [1.807, 2.05) is 13.1 Å². The summed E-state index contributed by atoms with van der Waals surface area (Å²) in [5.74, 6) is 0.275. The summed E-state index contributed by atoms with van der Waals surface area (Å²) < 4.78 is 24.9. The van der Waals surface area contributed by atoms with Gasteiger partial charge in [-0.1, -0.05) is 29.6 Å². The third-order valence-corrected chi connectivity index (χ3v) is 7.23. The van der Waals surface area contributed by atoms with Crippen LogP contribution in [0.3, 0.4) is 0 Å². The molecule has 1 aliphatic rings. The lowest BCUT2D eigenvalue weighted by Gasteiger charge is -2.33. The third-order valence-electron chi connectivity index (χ3n) is 4.07. The van der Waals surface area contributed by atoms with E-state index in [4.69, 9.17) is 23.2 Å². The van der Waals surface area contributed by atoms with E-state index in [-0.39, 0.29) is 17.2 Å². The molecule has 0 bridgehead atoms. The lowest BCUT2D eigenvalue weighted by atomic mass is 9.81. The van der Waals surface area contributed by atoms with E-state index in [1.54, 1.807) is 0 Å². The van der Waals surface area contributed by atoms with Crippen molar-refractivity contribution >= 4 is 44.4 Å². The lowest BCUT2D eigenvalue weighted by molar-refractivity contribution is 0.283. The quantitative estimate of drug-likeness (QED) is 0.890. The zero-order chi connectivity index (χ0) is 14.9. The van der Waals surface area contributed by atoms with Crippen LogP contribution in [0.4, 0.5) is 0 Å². The molecule has 3 atom stereocenters. The fourth-order valence-corrected chi connectivity index (χ4v) is 5.82. The van der Waals surface area contributed by atoms with Crippen LogP contribution in [0, 0.1) is 5.92 Å². The Bertz CT molecular complexity index is 571. The number of hydrogen-bond donors (Lipinski definition) is 1. The van der Waals surface area contributed by atoms with Crippen molar-refractivity contribution in [3.05, 3.63) is 20.3 Å². The Morgan fingerprint density at radius 2 is 2.10 bits per heavy atom. The summed E-state index contributed by atoms with van der Waals surface area (Å²) >= 11 is 13.6. The Hall–Kier alpha value is 0.190. The number of nitrogens with one attached hydrogen (secondary N) is 1. The highest BCUT2D eigenvalue weighted by Gasteiger charge is 2.34. The van der Waals surface area contributed by atoms with Gasteiger partial charge in [0.25, 0.3) is 0 Å². The first-order valence-electron chi connectivity index (χ1n) is 6.63. The second kappa shape index (κ2) is 6.53. The Morgan fingerprint density at radius 1 is 1.40 bits per heavy atom. The van der Waals surface area contributed by atoms with E-state index in [1.165, 1.54) is 17.6 Å². The van der Waals surface area contributed by atoms with Crippen LogP contribution >= 0.6 is 34.5 Å². The fraction of sp³-hybridized carbons (Fsp3) is 0.692. The fourth-order valence-electron chi connectivity index (χ4n) is 3.08. The second-order valence-electron chi connectivity index (χ2n) is 5.42. The van der Waals surface area contributed by atoms with Crippen LogP contribution < -0.4 is 5.32 Å². The normalized spacial score (nSPS) is 25.6. The maximum atomic E-state index is 11.8. The van der Waals surface area contributed by atoms with Gasteiger partial charge >= 0.3 is 0 Å². The molecule has 0 amide bonds. The Morgan fingerprint density at radius 3 is 2.60 bits per heavy atom. The van der Waals surface area contributed by atoms with Crippen LogP contribution in [0.2, 0.25) is 8.67 Å². The van der Waals surface area contributed by atoms with Crippen molar-refractivity contribution in [2.24, 2.45) is 5.92 Å². The molecule has 1 N–H and O–H groups in total. The van der Waals surface area contributed by atoms with Gasteiger partial charge in [-0.25, -0.2) is 8.42 Å². The average Bonchev–Trinajstić information content (AvgIpc) is 2.69. The molecule has 1 saturated carbocycles. The largest absolute Gasteiger partial charge is 0.313 e. The lowest BCUT2D eigenvalue weighted by Crippen LogP contribution is -2.34. The maximum Gasteiger partial charge on any atom is 0.150 e. The predicted octanol–water partition coefficient (Wildman–Crippen LogP) is 3.92. The molecule has 114 valence electrons. The van der Waals surface area contributed by atoms with Gasteiger partial charge in [0.2, 0.25) is 0 Å². The summed E-state index contributed by atoms with van der Waals surface area (Å²) in [5, 5.41) is 3.05. The molecule has 1 heterocycles. The minimum atomic E-state index is -2.97. The van der Waals surface area contributed by atoms with E-state index in [0.29, 0.717) is 15.1 Å². The van der Waals surface area contributed by atoms with Gasteiger partial charge in [0, 0.05) is 17.9 Å². The summed E-state index contributed by atoms with van der Waals surface area (Å²) in [7, 11) is -1.09. The molecule has 3 nitrogen and oxygen atoms in total. The molecule has 7 heteroatoms. The van der Waals surface area contributed by atoms with Crippen LogP contribution in [0.15, 0.2) is 6.07 Å². The Labute approximate surface area is 134 Å². The van der Waals surface area contributed by atoms with Gasteiger partial charge < -0.3 is 5.32 Å². The predicted molar refractivity (Wildman–Crippen MR) is 86.7 cm³/mol. The summed E-state index contributed by atoms with van der Waals surface area (Å²) in [5.41, 5.74) is 0.989. The molecule has 0 saturated heterocycles. The van der Waals surface area contributed by atoms with Crippen LogP contribution in [0.5, 0.6) is 0 Å². The molecular weight excluding hydrogens is 337 g/mol. The Kier molecular flexibility index (Phi) is 5.40. The van der Waals surface area contributed by atoms with E-state index >= 15 is 0 Å². The first-order chi connectivity index (χ1) is 9.32. The zero-order valence-corrected chi connectivity index (χ0v) is 14.7. The summed E-state index contributed by atoms with van der Waals surface area (Å²) in [6.45, 7) is 0. The van der Waals surface area contributed by atoms with Gasteiger partial charge in [-0.2, -0.15) is 0 Å². The SMILES string of the molecule is CNC(c1cc(Cl)sc1Cl)C1CCCC(S(C)(=O)=O)C1.